The van der Waals surface area contributed by atoms with Crippen LogP contribution >= 0.6 is 15.9 Å². The molecule has 2 rings (SSSR count). The second-order valence-corrected chi connectivity index (χ2v) is 5.57. The fourth-order valence-corrected chi connectivity index (χ4v) is 2.82. The highest BCUT2D eigenvalue weighted by Crippen LogP contribution is 2.20. The van der Waals surface area contributed by atoms with Crippen LogP contribution < -0.4 is 0 Å². The number of carbonyl (C=O) groups is 2. The number of hydrogen-bond acceptors (Lipinski definition) is 3. The van der Waals surface area contributed by atoms with Crippen molar-refractivity contribution in [2.75, 3.05) is 19.8 Å². The number of hydrogen-bond donors (Lipinski definition) is 1. The van der Waals surface area contributed by atoms with Crippen LogP contribution in [0.25, 0.3) is 0 Å². The van der Waals surface area contributed by atoms with Gasteiger partial charge in [0.2, 0.25) is 0 Å². The Labute approximate surface area is 125 Å². The summed E-state index contributed by atoms with van der Waals surface area (Å²) in [7, 11) is 0. The predicted octanol–water partition coefficient (Wildman–Crippen LogP) is 1.59. The van der Waals surface area contributed by atoms with Crippen molar-refractivity contribution in [1.29, 1.82) is 0 Å². The van der Waals surface area contributed by atoms with Crippen molar-refractivity contribution in [2.24, 2.45) is 0 Å². The molecule has 6 nitrogen and oxygen atoms in total. The highest BCUT2D eigenvalue weighted by Gasteiger charge is 2.31. The Morgan fingerprint density at radius 3 is 2.95 bits per heavy atom. The molecular weight excluding hydrogens is 328 g/mol. The second kappa shape index (κ2) is 6.41. The fourth-order valence-electron chi connectivity index (χ4n) is 2.36. The first-order valence-electron chi connectivity index (χ1n) is 6.49. The normalized spacial score (nSPS) is 19.1. The summed E-state index contributed by atoms with van der Waals surface area (Å²) < 4.78 is 7.97. The maximum Gasteiger partial charge on any atom is 0.305 e. The van der Waals surface area contributed by atoms with Gasteiger partial charge in [0.25, 0.3) is 5.91 Å². The Morgan fingerprint density at radius 1 is 1.55 bits per heavy atom. The van der Waals surface area contributed by atoms with Crippen molar-refractivity contribution in [3.63, 3.8) is 0 Å². The van der Waals surface area contributed by atoms with Crippen LogP contribution in [0.4, 0.5) is 0 Å². The van der Waals surface area contributed by atoms with Crippen LogP contribution in [0.2, 0.25) is 0 Å². The molecule has 110 valence electrons. The highest BCUT2D eigenvalue weighted by molar-refractivity contribution is 9.10. The zero-order valence-corrected chi connectivity index (χ0v) is 12.8. The van der Waals surface area contributed by atoms with Gasteiger partial charge in [-0.15, -0.1) is 0 Å². The first-order chi connectivity index (χ1) is 9.52. The van der Waals surface area contributed by atoms with E-state index >= 15 is 0 Å². The average molecular weight is 345 g/mol. The molecular formula is C13H17BrN2O4. The van der Waals surface area contributed by atoms with Crippen molar-refractivity contribution in [2.45, 2.75) is 25.9 Å². The minimum absolute atomic E-state index is 0.0975. The second-order valence-electron chi connectivity index (χ2n) is 4.65. The Morgan fingerprint density at radius 2 is 2.30 bits per heavy atom. The SMILES string of the molecule is CCn1cc(Br)cc1C(=O)N1CCOCC1CC(=O)O. The van der Waals surface area contributed by atoms with E-state index in [1.54, 1.807) is 11.0 Å². The van der Waals surface area contributed by atoms with Crippen molar-refractivity contribution in [1.82, 2.24) is 9.47 Å². The van der Waals surface area contributed by atoms with Crippen LogP contribution in [-0.4, -0.2) is 52.3 Å². The monoisotopic (exact) mass is 344 g/mol. The molecule has 1 fully saturated rings. The quantitative estimate of drug-likeness (QED) is 0.900. The van der Waals surface area contributed by atoms with E-state index in [-0.39, 0.29) is 18.9 Å². The first kappa shape index (κ1) is 15.1. The third-order valence-electron chi connectivity index (χ3n) is 3.32. The topological polar surface area (TPSA) is 71.8 Å². The Bertz CT molecular complexity index is 514. The number of aliphatic carboxylic acids is 1. The number of rotatable bonds is 4. The van der Waals surface area contributed by atoms with Gasteiger partial charge in [0.05, 0.1) is 25.7 Å². The number of aromatic nitrogens is 1. The molecule has 0 aliphatic carbocycles. The van der Waals surface area contributed by atoms with Gasteiger partial charge in [-0.2, -0.15) is 0 Å². The maximum atomic E-state index is 12.6. The molecule has 2 heterocycles. The zero-order chi connectivity index (χ0) is 14.7. The van der Waals surface area contributed by atoms with Crippen LogP contribution in [0, 0.1) is 0 Å². The summed E-state index contributed by atoms with van der Waals surface area (Å²) in [6.45, 7) is 3.77. The lowest BCUT2D eigenvalue weighted by atomic mass is 10.1. The van der Waals surface area contributed by atoms with E-state index in [0.717, 1.165) is 4.47 Å². The van der Waals surface area contributed by atoms with Gasteiger partial charge in [-0.25, -0.2) is 0 Å². The molecule has 1 aliphatic heterocycles. The van der Waals surface area contributed by atoms with E-state index in [0.29, 0.717) is 25.4 Å². The summed E-state index contributed by atoms with van der Waals surface area (Å²) in [5, 5.41) is 8.93. The summed E-state index contributed by atoms with van der Waals surface area (Å²) in [5.74, 6) is -1.07. The molecule has 1 atom stereocenters. The van der Waals surface area contributed by atoms with Crippen molar-refractivity contribution in [3.8, 4) is 0 Å². The number of nitrogens with zero attached hydrogens (tertiary/aromatic N) is 2. The summed E-state index contributed by atoms with van der Waals surface area (Å²) in [4.78, 5) is 25.1. The van der Waals surface area contributed by atoms with Gasteiger partial charge in [-0.05, 0) is 28.9 Å². The lowest BCUT2D eigenvalue weighted by molar-refractivity contribution is -0.139. The van der Waals surface area contributed by atoms with Gasteiger partial charge in [0.15, 0.2) is 0 Å². The lowest BCUT2D eigenvalue weighted by Gasteiger charge is -2.34. The van der Waals surface area contributed by atoms with Crippen molar-refractivity contribution in [3.05, 3.63) is 22.4 Å². The number of ether oxygens (including phenoxy) is 1. The molecule has 1 saturated heterocycles. The number of aryl methyl sites for hydroxylation is 1. The molecule has 0 aromatic carbocycles. The Kier molecular flexibility index (Phi) is 4.82. The van der Waals surface area contributed by atoms with E-state index in [2.05, 4.69) is 15.9 Å². The van der Waals surface area contributed by atoms with Crippen LogP contribution in [0.15, 0.2) is 16.7 Å². The molecule has 0 spiro atoms. The summed E-state index contributed by atoms with van der Waals surface area (Å²) >= 11 is 3.36. The highest BCUT2D eigenvalue weighted by atomic mass is 79.9. The molecule has 1 amide bonds. The van der Waals surface area contributed by atoms with E-state index in [1.807, 2.05) is 17.7 Å². The zero-order valence-electron chi connectivity index (χ0n) is 11.2. The molecule has 7 heteroatoms. The van der Waals surface area contributed by atoms with Crippen molar-refractivity contribution >= 4 is 27.8 Å². The average Bonchev–Trinajstić information content (AvgIpc) is 2.79. The number of amides is 1. The molecule has 0 saturated carbocycles. The van der Waals surface area contributed by atoms with Gasteiger partial charge in [0.1, 0.15) is 5.69 Å². The summed E-state index contributed by atoms with van der Waals surface area (Å²) in [6, 6.07) is 1.35. The maximum absolute atomic E-state index is 12.6. The van der Waals surface area contributed by atoms with Gasteiger partial charge in [-0.1, -0.05) is 0 Å². The number of morpholine rings is 1. The molecule has 1 aromatic rings. The number of carboxylic acid groups (broad SMARTS) is 1. The first-order valence-corrected chi connectivity index (χ1v) is 7.28. The third kappa shape index (κ3) is 3.21. The smallest absolute Gasteiger partial charge is 0.305 e. The third-order valence-corrected chi connectivity index (χ3v) is 3.76. The largest absolute Gasteiger partial charge is 0.481 e. The number of carbonyl (C=O) groups excluding carboxylic acids is 1. The summed E-state index contributed by atoms with van der Waals surface area (Å²) in [5.41, 5.74) is 0.566. The molecule has 20 heavy (non-hydrogen) atoms. The van der Waals surface area contributed by atoms with Gasteiger partial charge >= 0.3 is 5.97 Å². The van der Waals surface area contributed by atoms with Crippen LogP contribution in [0.1, 0.15) is 23.8 Å². The number of carboxylic acids is 1. The molecule has 0 bridgehead atoms. The van der Waals surface area contributed by atoms with Crippen LogP contribution in [-0.2, 0) is 16.1 Å². The number of halogens is 1. The van der Waals surface area contributed by atoms with Gasteiger partial charge < -0.3 is 19.3 Å². The van der Waals surface area contributed by atoms with Crippen LogP contribution in [0.3, 0.4) is 0 Å². The fraction of sp³-hybridized carbons (Fsp3) is 0.538. The molecule has 1 aliphatic rings. The standard InChI is InChI=1S/C13H17BrN2O4/c1-2-15-7-9(14)5-11(15)13(19)16-3-4-20-8-10(16)6-12(17)18/h5,7,10H,2-4,6,8H2,1H3,(H,17,18). The molecule has 0 radical (unpaired) electrons. The predicted molar refractivity (Wildman–Crippen MR) is 75.7 cm³/mol. The minimum atomic E-state index is -0.926. The van der Waals surface area contributed by atoms with E-state index < -0.39 is 12.0 Å². The van der Waals surface area contributed by atoms with Gasteiger partial charge in [0, 0.05) is 23.8 Å². The van der Waals surface area contributed by atoms with Crippen LogP contribution in [0.5, 0.6) is 0 Å². The molecule has 1 aromatic heterocycles. The minimum Gasteiger partial charge on any atom is -0.481 e. The van der Waals surface area contributed by atoms with Gasteiger partial charge in [-0.3, -0.25) is 9.59 Å². The molecule has 1 unspecified atom stereocenters. The lowest BCUT2D eigenvalue weighted by Crippen LogP contribution is -2.50. The Hall–Kier alpha value is -1.34. The van der Waals surface area contributed by atoms with E-state index in [9.17, 15) is 9.59 Å². The Balaban J connectivity index is 2.22. The van der Waals surface area contributed by atoms with Crippen molar-refractivity contribution < 1.29 is 19.4 Å². The van der Waals surface area contributed by atoms with E-state index in [4.69, 9.17) is 9.84 Å². The molecule has 1 N–H and O–H groups in total. The summed E-state index contributed by atoms with van der Waals surface area (Å²) in [6.07, 6.45) is 1.75. The van der Waals surface area contributed by atoms with E-state index in [1.165, 1.54) is 0 Å².